The molecule has 0 saturated carbocycles. The molecule has 73 heavy (non-hydrogen) atoms. The van der Waals surface area contributed by atoms with Crippen molar-refractivity contribution in [2.75, 3.05) is 13.2 Å². The van der Waals surface area contributed by atoms with Crippen molar-refractivity contribution < 1.29 is 28.6 Å². The second kappa shape index (κ2) is 62.7. The van der Waals surface area contributed by atoms with Crippen molar-refractivity contribution in [3.05, 3.63) is 12.2 Å². The highest BCUT2D eigenvalue weighted by atomic mass is 16.6. The van der Waals surface area contributed by atoms with Crippen LogP contribution in [0.3, 0.4) is 0 Å². The normalized spacial score (nSPS) is 12.0. The van der Waals surface area contributed by atoms with Crippen molar-refractivity contribution in [2.24, 2.45) is 0 Å². The van der Waals surface area contributed by atoms with Gasteiger partial charge in [0.05, 0.1) is 0 Å². The van der Waals surface area contributed by atoms with Gasteiger partial charge in [0.2, 0.25) is 0 Å². The summed E-state index contributed by atoms with van der Waals surface area (Å²) in [4.78, 5) is 38.1. The Labute approximate surface area is 456 Å². The fourth-order valence-corrected chi connectivity index (χ4v) is 10.3. The van der Waals surface area contributed by atoms with Crippen LogP contribution in [0.25, 0.3) is 0 Å². The number of unbranched alkanes of at least 4 members (excludes halogenated alkanes) is 49. The van der Waals surface area contributed by atoms with E-state index in [1.807, 2.05) is 0 Å². The third kappa shape index (κ3) is 60.9. The fourth-order valence-electron chi connectivity index (χ4n) is 10.3. The smallest absolute Gasteiger partial charge is 0.306 e. The van der Waals surface area contributed by atoms with E-state index in [2.05, 4.69) is 32.9 Å². The summed E-state index contributed by atoms with van der Waals surface area (Å²) < 4.78 is 16.8. The molecule has 432 valence electrons. The number of ether oxygens (including phenoxy) is 3. The lowest BCUT2D eigenvalue weighted by molar-refractivity contribution is -0.167. The van der Waals surface area contributed by atoms with Crippen LogP contribution in [0.5, 0.6) is 0 Å². The minimum atomic E-state index is -0.768. The van der Waals surface area contributed by atoms with Crippen LogP contribution in [0.1, 0.15) is 380 Å². The average molecular weight is 1030 g/mol. The van der Waals surface area contributed by atoms with E-state index in [1.165, 1.54) is 276 Å². The molecule has 1 atom stereocenters. The first-order valence-electron chi connectivity index (χ1n) is 33.2. The number of carbonyl (C=O) groups excluding carboxylic acids is 3. The minimum absolute atomic E-state index is 0.0678. The van der Waals surface area contributed by atoms with Crippen LogP contribution in [0.15, 0.2) is 12.2 Å². The molecule has 0 saturated heterocycles. The molecule has 0 aliphatic carbocycles. The first-order chi connectivity index (χ1) is 36.0. The van der Waals surface area contributed by atoms with E-state index in [9.17, 15) is 14.4 Å². The highest BCUT2D eigenvalue weighted by Gasteiger charge is 2.19. The predicted molar refractivity (Wildman–Crippen MR) is 317 cm³/mol. The molecule has 0 amide bonds. The summed E-state index contributed by atoms with van der Waals surface area (Å²) in [6, 6.07) is 0. The second-order valence-corrected chi connectivity index (χ2v) is 22.7. The zero-order chi connectivity index (χ0) is 52.9. The van der Waals surface area contributed by atoms with Gasteiger partial charge >= 0.3 is 17.9 Å². The summed E-state index contributed by atoms with van der Waals surface area (Å²) in [6.07, 6.45) is 74.1. The van der Waals surface area contributed by atoms with Crippen LogP contribution >= 0.6 is 0 Å². The van der Waals surface area contributed by atoms with Gasteiger partial charge in [-0.3, -0.25) is 14.4 Å². The Hall–Kier alpha value is -1.85. The van der Waals surface area contributed by atoms with Crippen molar-refractivity contribution >= 4 is 17.9 Å². The monoisotopic (exact) mass is 1030 g/mol. The highest BCUT2D eigenvalue weighted by molar-refractivity contribution is 5.71. The van der Waals surface area contributed by atoms with Crippen molar-refractivity contribution in [1.29, 1.82) is 0 Å². The molecule has 0 aliphatic heterocycles. The van der Waals surface area contributed by atoms with E-state index >= 15 is 0 Å². The van der Waals surface area contributed by atoms with Gasteiger partial charge in [-0.2, -0.15) is 0 Å². The van der Waals surface area contributed by atoms with E-state index < -0.39 is 6.10 Å². The first-order valence-corrected chi connectivity index (χ1v) is 33.2. The van der Waals surface area contributed by atoms with Gasteiger partial charge in [-0.1, -0.05) is 328 Å². The van der Waals surface area contributed by atoms with Gasteiger partial charge in [0.25, 0.3) is 0 Å². The van der Waals surface area contributed by atoms with Crippen LogP contribution in [-0.4, -0.2) is 37.2 Å². The molecule has 1 unspecified atom stereocenters. The zero-order valence-electron chi connectivity index (χ0n) is 49.7. The summed E-state index contributed by atoms with van der Waals surface area (Å²) in [5, 5.41) is 0. The van der Waals surface area contributed by atoms with E-state index in [-0.39, 0.29) is 31.1 Å². The van der Waals surface area contributed by atoms with E-state index in [1.54, 1.807) is 0 Å². The van der Waals surface area contributed by atoms with Gasteiger partial charge in [0, 0.05) is 19.3 Å². The molecule has 0 heterocycles. The van der Waals surface area contributed by atoms with Gasteiger partial charge < -0.3 is 14.2 Å². The molecule has 0 aliphatic rings. The Morgan fingerprint density at radius 1 is 0.260 bits per heavy atom. The van der Waals surface area contributed by atoms with Crippen molar-refractivity contribution in [3.8, 4) is 0 Å². The molecule has 0 aromatic heterocycles. The molecule has 6 nitrogen and oxygen atoms in total. The van der Waals surface area contributed by atoms with Crippen LogP contribution in [0, 0.1) is 0 Å². The standard InChI is InChI=1S/C67H128O6/c1-4-7-10-13-16-19-21-23-24-25-26-27-28-29-30-31-32-33-34-35-36-37-38-39-40-41-42-44-45-48-51-54-57-60-66(69)72-63-64(62-71-65(68)59-56-53-50-47-18-15-12-9-6-3)73-67(70)61-58-55-52-49-46-43-22-20-17-14-11-8-5-2/h20,22,64H,4-19,21,23-63H2,1-3H3/b22-20-. The minimum Gasteiger partial charge on any atom is -0.462 e. The lowest BCUT2D eigenvalue weighted by Crippen LogP contribution is -2.30. The van der Waals surface area contributed by atoms with Crippen LogP contribution in [-0.2, 0) is 28.6 Å². The van der Waals surface area contributed by atoms with Gasteiger partial charge in [-0.25, -0.2) is 0 Å². The Kier molecular flexibility index (Phi) is 61.1. The number of rotatable bonds is 62. The predicted octanol–water partition coefficient (Wildman–Crippen LogP) is 22.4. The lowest BCUT2D eigenvalue weighted by atomic mass is 10.0. The Balaban J connectivity index is 3.94. The van der Waals surface area contributed by atoms with Gasteiger partial charge in [0.15, 0.2) is 6.10 Å². The lowest BCUT2D eigenvalue weighted by Gasteiger charge is -2.18. The quantitative estimate of drug-likeness (QED) is 0.0261. The summed E-state index contributed by atoms with van der Waals surface area (Å²) in [5.74, 6) is -0.856. The van der Waals surface area contributed by atoms with Crippen molar-refractivity contribution in [2.45, 2.75) is 386 Å². The number of hydrogen-bond donors (Lipinski definition) is 0. The van der Waals surface area contributed by atoms with E-state index in [0.717, 1.165) is 64.2 Å². The maximum absolute atomic E-state index is 12.8. The third-order valence-electron chi connectivity index (χ3n) is 15.3. The zero-order valence-corrected chi connectivity index (χ0v) is 49.7. The molecule has 0 spiro atoms. The van der Waals surface area contributed by atoms with Gasteiger partial charge in [-0.05, 0) is 44.9 Å². The second-order valence-electron chi connectivity index (χ2n) is 22.7. The van der Waals surface area contributed by atoms with Crippen molar-refractivity contribution in [3.63, 3.8) is 0 Å². The molecule has 0 aromatic carbocycles. The number of hydrogen-bond acceptors (Lipinski definition) is 6. The molecular formula is C67H128O6. The van der Waals surface area contributed by atoms with E-state index in [0.29, 0.717) is 19.3 Å². The molecular weight excluding hydrogens is 901 g/mol. The topological polar surface area (TPSA) is 78.9 Å². The molecule has 0 fully saturated rings. The Morgan fingerprint density at radius 2 is 0.452 bits per heavy atom. The van der Waals surface area contributed by atoms with Gasteiger partial charge in [0.1, 0.15) is 13.2 Å². The SMILES string of the molecule is CCCCCC/C=C\CCCCCCCC(=O)OC(COC(=O)CCCCCCCCCCC)COC(=O)CCCCCCCCCCCCCCCCCCCCCCCCCCCCCCCCCCC. The van der Waals surface area contributed by atoms with E-state index in [4.69, 9.17) is 14.2 Å². The molecule has 0 radical (unpaired) electrons. The molecule has 6 heteroatoms. The fraction of sp³-hybridized carbons (Fsp3) is 0.925. The Morgan fingerprint density at radius 3 is 0.699 bits per heavy atom. The molecule has 0 bridgehead atoms. The number of carbonyl (C=O) groups is 3. The number of allylic oxidation sites excluding steroid dienone is 2. The molecule has 0 N–H and O–H groups in total. The van der Waals surface area contributed by atoms with Crippen LogP contribution in [0.2, 0.25) is 0 Å². The number of esters is 3. The Bertz CT molecular complexity index is 1130. The van der Waals surface area contributed by atoms with Crippen molar-refractivity contribution in [1.82, 2.24) is 0 Å². The maximum atomic E-state index is 12.8. The summed E-state index contributed by atoms with van der Waals surface area (Å²) >= 11 is 0. The molecule has 0 rings (SSSR count). The van der Waals surface area contributed by atoms with Crippen LogP contribution < -0.4 is 0 Å². The van der Waals surface area contributed by atoms with Gasteiger partial charge in [-0.15, -0.1) is 0 Å². The average Bonchev–Trinajstić information content (AvgIpc) is 3.39. The molecule has 0 aromatic rings. The largest absolute Gasteiger partial charge is 0.462 e. The summed E-state index contributed by atoms with van der Waals surface area (Å²) in [7, 11) is 0. The maximum Gasteiger partial charge on any atom is 0.306 e. The summed E-state index contributed by atoms with van der Waals surface area (Å²) in [5.41, 5.74) is 0. The first kappa shape index (κ1) is 71.2. The highest BCUT2D eigenvalue weighted by Crippen LogP contribution is 2.19. The third-order valence-corrected chi connectivity index (χ3v) is 15.3. The summed E-state index contributed by atoms with van der Waals surface area (Å²) in [6.45, 7) is 6.66. The van der Waals surface area contributed by atoms with Crippen LogP contribution in [0.4, 0.5) is 0 Å².